The van der Waals surface area contributed by atoms with E-state index >= 15 is 0 Å². The fourth-order valence-corrected chi connectivity index (χ4v) is 5.93. The summed E-state index contributed by atoms with van der Waals surface area (Å²) >= 11 is 1.18. The van der Waals surface area contributed by atoms with E-state index in [-0.39, 0.29) is 10.8 Å². The van der Waals surface area contributed by atoms with Gasteiger partial charge in [0.1, 0.15) is 0 Å². The van der Waals surface area contributed by atoms with Crippen molar-refractivity contribution in [3.8, 4) is 0 Å². The molecular formula is C22H25N3O4S2. The van der Waals surface area contributed by atoms with Gasteiger partial charge in [-0.25, -0.2) is 8.42 Å². The summed E-state index contributed by atoms with van der Waals surface area (Å²) in [7, 11) is -3.82. The molecule has 1 saturated heterocycles. The van der Waals surface area contributed by atoms with E-state index in [9.17, 15) is 18.0 Å². The monoisotopic (exact) mass is 459 g/mol. The van der Waals surface area contributed by atoms with Gasteiger partial charge in [0.05, 0.1) is 10.6 Å². The predicted molar refractivity (Wildman–Crippen MR) is 122 cm³/mol. The molecule has 0 aliphatic carbocycles. The van der Waals surface area contributed by atoms with Crippen LogP contribution in [0.25, 0.3) is 0 Å². The first-order valence-electron chi connectivity index (χ1n) is 10.3. The van der Waals surface area contributed by atoms with Gasteiger partial charge in [-0.05, 0) is 55.7 Å². The Morgan fingerprint density at radius 2 is 1.84 bits per heavy atom. The largest absolute Gasteiger partial charge is 0.341 e. The number of nitrogens with zero attached hydrogens (tertiary/aromatic N) is 1. The lowest BCUT2D eigenvalue weighted by Gasteiger charge is -2.28. The molecule has 2 aliphatic rings. The summed E-state index contributed by atoms with van der Waals surface area (Å²) in [5.74, 6) is -0.583. The summed E-state index contributed by atoms with van der Waals surface area (Å²) in [6.07, 6.45) is 4.11. The van der Waals surface area contributed by atoms with Crippen LogP contribution in [0.15, 0.2) is 52.3 Å². The molecule has 0 bridgehead atoms. The molecule has 164 valence electrons. The van der Waals surface area contributed by atoms with Gasteiger partial charge in [0.15, 0.2) is 5.25 Å². The molecule has 2 aromatic rings. The number of sulfonamides is 1. The highest BCUT2D eigenvalue weighted by Crippen LogP contribution is 2.38. The fraction of sp³-hybridized carbons (Fsp3) is 0.364. The third kappa shape index (κ3) is 4.88. The summed E-state index contributed by atoms with van der Waals surface area (Å²) in [6.45, 7) is 3.24. The molecule has 2 aliphatic heterocycles. The zero-order valence-corrected chi connectivity index (χ0v) is 18.9. The van der Waals surface area contributed by atoms with E-state index in [0.29, 0.717) is 29.4 Å². The van der Waals surface area contributed by atoms with Crippen LogP contribution < -0.4 is 10.0 Å². The molecule has 31 heavy (non-hydrogen) atoms. The summed E-state index contributed by atoms with van der Waals surface area (Å²) < 4.78 is 28.2. The van der Waals surface area contributed by atoms with Gasteiger partial charge in [-0.1, -0.05) is 25.0 Å². The molecule has 1 fully saturated rings. The van der Waals surface area contributed by atoms with Crippen molar-refractivity contribution in [3.63, 3.8) is 0 Å². The van der Waals surface area contributed by atoms with Crippen LogP contribution in [0.1, 0.15) is 31.2 Å². The topological polar surface area (TPSA) is 95.6 Å². The van der Waals surface area contributed by atoms with Crippen LogP contribution in [0, 0.1) is 6.92 Å². The van der Waals surface area contributed by atoms with Crippen molar-refractivity contribution in [1.29, 1.82) is 0 Å². The number of anilines is 2. The second-order valence-electron chi connectivity index (χ2n) is 7.86. The number of fused-ring (bicyclic) bond motifs is 1. The smallest absolute Gasteiger partial charge is 0.261 e. The molecule has 0 aromatic heterocycles. The summed E-state index contributed by atoms with van der Waals surface area (Å²) in [5, 5.41) is 1.88. The van der Waals surface area contributed by atoms with Crippen LogP contribution in [0.5, 0.6) is 0 Å². The maximum atomic E-state index is 12.9. The second kappa shape index (κ2) is 8.92. The Morgan fingerprint density at radius 3 is 2.55 bits per heavy atom. The summed E-state index contributed by atoms with van der Waals surface area (Å²) in [5.41, 5.74) is 1.82. The van der Waals surface area contributed by atoms with Crippen molar-refractivity contribution >= 4 is 45.0 Å². The molecule has 0 radical (unpaired) electrons. The standard InChI is InChI=1S/C22H25N3O4S2/c1-15-7-6-8-16(13-15)24-31(28,29)17-9-10-19-18(14-17)23-21(26)20(30-19)22(27)25-11-4-2-3-5-12-25/h6-10,13-14,20,24H,2-5,11-12H2,1H3,(H,23,26)/t20-/m1/s1. The zero-order chi connectivity index (χ0) is 22.0. The molecule has 2 aromatic carbocycles. The Hall–Kier alpha value is -2.52. The molecule has 4 rings (SSSR count). The molecule has 2 N–H and O–H groups in total. The number of carbonyl (C=O) groups is 2. The predicted octanol–water partition coefficient (Wildman–Crippen LogP) is 3.61. The van der Waals surface area contributed by atoms with Crippen molar-refractivity contribution in [1.82, 2.24) is 4.90 Å². The van der Waals surface area contributed by atoms with Gasteiger partial charge in [-0.15, -0.1) is 11.8 Å². The number of likely N-dealkylation sites (tertiary alicyclic amines) is 1. The third-order valence-corrected chi connectivity index (χ3v) is 8.05. The van der Waals surface area contributed by atoms with Crippen molar-refractivity contribution < 1.29 is 18.0 Å². The quantitative estimate of drug-likeness (QED) is 0.681. The minimum absolute atomic E-state index is 0.0472. The summed E-state index contributed by atoms with van der Waals surface area (Å²) in [6, 6.07) is 11.7. The molecule has 1 atom stereocenters. The highest BCUT2D eigenvalue weighted by atomic mass is 32.2. The second-order valence-corrected chi connectivity index (χ2v) is 10.7. The van der Waals surface area contributed by atoms with Gasteiger partial charge < -0.3 is 10.2 Å². The number of nitrogens with one attached hydrogen (secondary N) is 2. The first kappa shape index (κ1) is 21.7. The van der Waals surface area contributed by atoms with Crippen LogP contribution >= 0.6 is 11.8 Å². The van der Waals surface area contributed by atoms with Gasteiger partial charge in [0.25, 0.3) is 10.0 Å². The van der Waals surface area contributed by atoms with E-state index in [0.717, 1.165) is 31.2 Å². The van der Waals surface area contributed by atoms with Crippen LogP contribution in [-0.2, 0) is 19.6 Å². The van der Waals surface area contributed by atoms with Gasteiger partial charge in [-0.3, -0.25) is 14.3 Å². The lowest BCUT2D eigenvalue weighted by molar-refractivity contribution is -0.133. The van der Waals surface area contributed by atoms with Crippen LogP contribution in [-0.4, -0.2) is 43.5 Å². The van der Waals surface area contributed by atoms with Crippen LogP contribution in [0.4, 0.5) is 11.4 Å². The Kier molecular flexibility index (Phi) is 6.24. The maximum absolute atomic E-state index is 12.9. The number of amides is 2. The van der Waals surface area contributed by atoms with Crippen molar-refractivity contribution in [2.24, 2.45) is 0 Å². The third-order valence-electron chi connectivity index (χ3n) is 5.41. The molecule has 7 nitrogen and oxygen atoms in total. The van der Waals surface area contributed by atoms with Crippen LogP contribution in [0.3, 0.4) is 0 Å². The van der Waals surface area contributed by atoms with E-state index in [1.807, 2.05) is 13.0 Å². The number of carbonyl (C=O) groups excluding carboxylic acids is 2. The van der Waals surface area contributed by atoms with E-state index in [1.54, 1.807) is 29.2 Å². The van der Waals surface area contributed by atoms with Crippen molar-refractivity contribution in [2.45, 2.75) is 47.6 Å². The molecular weight excluding hydrogens is 434 g/mol. The van der Waals surface area contributed by atoms with E-state index < -0.39 is 21.2 Å². The normalized spacial score (nSPS) is 19.2. The SMILES string of the molecule is Cc1cccc(NS(=O)(=O)c2ccc3c(c2)NC(=O)[C@H](C(=O)N2CCCCCC2)S3)c1. The van der Waals surface area contributed by atoms with Crippen LogP contribution in [0.2, 0.25) is 0 Å². The van der Waals surface area contributed by atoms with E-state index in [2.05, 4.69) is 10.0 Å². The Labute approximate surface area is 186 Å². The molecule has 9 heteroatoms. The highest BCUT2D eigenvalue weighted by Gasteiger charge is 2.36. The molecule has 0 saturated carbocycles. The van der Waals surface area contributed by atoms with E-state index in [1.165, 1.54) is 23.9 Å². The van der Waals surface area contributed by atoms with E-state index in [4.69, 9.17) is 0 Å². The molecule has 2 amide bonds. The minimum Gasteiger partial charge on any atom is -0.341 e. The molecule has 0 unspecified atom stereocenters. The van der Waals surface area contributed by atoms with Crippen molar-refractivity contribution in [3.05, 3.63) is 48.0 Å². The molecule has 2 heterocycles. The van der Waals surface area contributed by atoms with Gasteiger partial charge in [0.2, 0.25) is 11.8 Å². The number of aryl methyl sites for hydroxylation is 1. The minimum atomic E-state index is -3.82. The summed E-state index contributed by atoms with van der Waals surface area (Å²) in [4.78, 5) is 28.1. The van der Waals surface area contributed by atoms with Gasteiger partial charge >= 0.3 is 0 Å². The number of rotatable bonds is 4. The maximum Gasteiger partial charge on any atom is 0.261 e. The first-order valence-corrected chi connectivity index (χ1v) is 12.7. The van der Waals surface area contributed by atoms with Gasteiger partial charge in [-0.2, -0.15) is 0 Å². The Morgan fingerprint density at radius 1 is 1.10 bits per heavy atom. The lowest BCUT2D eigenvalue weighted by atomic mass is 10.2. The number of benzene rings is 2. The highest BCUT2D eigenvalue weighted by molar-refractivity contribution is 8.01. The average molecular weight is 460 g/mol. The lowest BCUT2D eigenvalue weighted by Crippen LogP contribution is -2.45. The molecule has 0 spiro atoms. The first-order chi connectivity index (χ1) is 14.8. The number of hydrogen-bond donors (Lipinski definition) is 2. The van der Waals surface area contributed by atoms with Crippen molar-refractivity contribution in [2.75, 3.05) is 23.1 Å². The Bertz CT molecular complexity index is 1110. The zero-order valence-electron chi connectivity index (χ0n) is 17.3. The number of thioether (sulfide) groups is 1. The average Bonchev–Trinajstić information content (AvgIpc) is 3.01. The Balaban J connectivity index is 1.53. The number of hydrogen-bond acceptors (Lipinski definition) is 5. The van der Waals surface area contributed by atoms with Gasteiger partial charge in [0, 0.05) is 23.7 Å². The fourth-order valence-electron chi connectivity index (χ4n) is 3.80.